The number of carbonyl (C=O) groups excluding carboxylic acids is 5. The smallest absolute Gasteiger partial charge is 0.338 e. The zero-order chi connectivity index (χ0) is 24.9. The van der Waals surface area contributed by atoms with Gasteiger partial charge in [-0.3, -0.25) is 30.0 Å². The van der Waals surface area contributed by atoms with Crippen LogP contribution in [0.1, 0.15) is 46.9 Å². The van der Waals surface area contributed by atoms with Crippen molar-refractivity contribution in [2.75, 3.05) is 18.5 Å². The van der Waals surface area contributed by atoms with Gasteiger partial charge in [0.2, 0.25) is 5.91 Å². The molecule has 0 atom stereocenters. The minimum absolute atomic E-state index is 0.0447. The van der Waals surface area contributed by atoms with Crippen LogP contribution in [0.3, 0.4) is 0 Å². The third-order valence-electron chi connectivity index (χ3n) is 4.26. The van der Waals surface area contributed by atoms with Gasteiger partial charge in [0.15, 0.2) is 6.61 Å². The Hall–Kier alpha value is -3.92. The van der Waals surface area contributed by atoms with Crippen molar-refractivity contribution in [3.8, 4) is 0 Å². The topological polar surface area (TPSA) is 140 Å². The highest BCUT2D eigenvalue weighted by Gasteiger charge is 2.12. The van der Waals surface area contributed by atoms with Crippen LogP contribution in [-0.2, 0) is 23.9 Å². The van der Waals surface area contributed by atoms with Crippen LogP contribution in [-0.4, -0.2) is 42.9 Å². The van der Waals surface area contributed by atoms with Crippen molar-refractivity contribution in [2.45, 2.75) is 26.2 Å². The van der Waals surface area contributed by atoms with Crippen LogP contribution in [0.15, 0.2) is 48.5 Å². The molecular formula is C23H24ClN3O7. The molecule has 0 aromatic heterocycles. The van der Waals surface area contributed by atoms with Crippen LogP contribution in [0.5, 0.6) is 0 Å². The summed E-state index contributed by atoms with van der Waals surface area (Å²) in [6.07, 6.45) is 0.0217. The molecule has 0 spiro atoms. The number of carbonyl (C=O) groups is 5. The van der Waals surface area contributed by atoms with Gasteiger partial charge in [-0.2, -0.15) is 0 Å². The SMILES string of the molecule is CCOC(=O)c1ccc(NC(=O)COC(=O)CCCC(=O)NNC(=O)c2ccccc2Cl)cc1. The molecule has 10 nitrogen and oxygen atoms in total. The van der Waals surface area contributed by atoms with E-state index in [0.717, 1.165) is 0 Å². The second-order valence-corrected chi connectivity index (χ2v) is 7.25. The van der Waals surface area contributed by atoms with Gasteiger partial charge in [-0.05, 0) is 49.7 Å². The molecule has 0 radical (unpaired) electrons. The van der Waals surface area contributed by atoms with Crippen molar-refractivity contribution in [1.29, 1.82) is 0 Å². The third-order valence-corrected chi connectivity index (χ3v) is 4.59. The lowest BCUT2D eigenvalue weighted by molar-refractivity contribution is -0.147. The van der Waals surface area contributed by atoms with E-state index in [0.29, 0.717) is 11.3 Å². The molecule has 0 fully saturated rings. The van der Waals surface area contributed by atoms with E-state index >= 15 is 0 Å². The fraction of sp³-hybridized carbons (Fsp3) is 0.261. The van der Waals surface area contributed by atoms with Gasteiger partial charge in [-0.25, -0.2) is 4.79 Å². The molecule has 0 aliphatic carbocycles. The quantitative estimate of drug-likeness (QED) is 0.344. The molecule has 3 N–H and O–H groups in total. The molecule has 0 saturated carbocycles. The average Bonchev–Trinajstić information content (AvgIpc) is 2.82. The summed E-state index contributed by atoms with van der Waals surface area (Å²) < 4.78 is 9.76. The Kier molecular flexibility index (Phi) is 10.5. The first kappa shape index (κ1) is 26.3. The Morgan fingerprint density at radius 1 is 0.853 bits per heavy atom. The van der Waals surface area contributed by atoms with E-state index < -0.39 is 36.3 Å². The summed E-state index contributed by atoms with van der Waals surface area (Å²) in [7, 11) is 0. The molecule has 0 aliphatic heterocycles. The van der Waals surface area contributed by atoms with Gasteiger partial charge in [-0.15, -0.1) is 0 Å². The molecule has 2 aromatic carbocycles. The molecule has 2 rings (SSSR count). The van der Waals surface area contributed by atoms with Crippen LogP contribution in [0, 0.1) is 0 Å². The molecule has 0 bridgehead atoms. The van der Waals surface area contributed by atoms with Crippen molar-refractivity contribution in [1.82, 2.24) is 10.9 Å². The zero-order valence-electron chi connectivity index (χ0n) is 18.4. The number of nitrogens with one attached hydrogen (secondary N) is 3. The van der Waals surface area contributed by atoms with Gasteiger partial charge >= 0.3 is 11.9 Å². The van der Waals surface area contributed by atoms with Crippen molar-refractivity contribution in [2.24, 2.45) is 0 Å². The number of esters is 2. The van der Waals surface area contributed by atoms with Gasteiger partial charge in [0.25, 0.3) is 11.8 Å². The third kappa shape index (κ3) is 8.91. The number of benzene rings is 2. The van der Waals surface area contributed by atoms with Crippen LogP contribution in [0.2, 0.25) is 5.02 Å². The predicted octanol–water partition coefficient (Wildman–Crippen LogP) is 2.63. The second-order valence-electron chi connectivity index (χ2n) is 6.84. The molecular weight excluding hydrogens is 466 g/mol. The first-order valence-corrected chi connectivity index (χ1v) is 10.7. The maximum Gasteiger partial charge on any atom is 0.338 e. The largest absolute Gasteiger partial charge is 0.462 e. The highest BCUT2D eigenvalue weighted by Crippen LogP contribution is 2.14. The summed E-state index contributed by atoms with van der Waals surface area (Å²) in [5, 5.41) is 2.78. The second kappa shape index (κ2) is 13.6. The van der Waals surface area contributed by atoms with E-state index in [2.05, 4.69) is 16.2 Å². The predicted molar refractivity (Wildman–Crippen MR) is 123 cm³/mol. The molecule has 0 unspecified atom stereocenters. The minimum Gasteiger partial charge on any atom is -0.462 e. The number of anilines is 1. The fourth-order valence-corrected chi connectivity index (χ4v) is 2.84. The number of hydrogen-bond donors (Lipinski definition) is 3. The lowest BCUT2D eigenvalue weighted by Gasteiger charge is -2.09. The lowest BCUT2D eigenvalue weighted by Crippen LogP contribution is -2.41. The molecule has 3 amide bonds. The first-order valence-electron chi connectivity index (χ1n) is 10.4. The summed E-state index contributed by atoms with van der Waals surface area (Å²) in [6, 6.07) is 12.4. The maximum atomic E-state index is 12.0. The van der Waals surface area contributed by atoms with Crippen molar-refractivity contribution in [3.63, 3.8) is 0 Å². The van der Waals surface area contributed by atoms with E-state index in [-0.39, 0.29) is 36.5 Å². The minimum atomic E-state index is -0.652. The molecule has 180 valence electrons. The Bertz CT molecular complexity index is 1040. The lowest BCUT2D eigenvalue weighted by atomic mass is 10.2. The monoisotopic (exact) mass is 489 g/mol. The summed E-state index contributed by atoms with van der Waals surface area (Å²) in [6.45, 7) is 1.46. The summed E-state index contributed by atoms with van der Waals surface area (Å²) >= 11 is 5.91. The zero-order valence-corrected chi connectivity index (χ0v) is 19.1. The number of ether oxygens (including phenoxy) is 2. The standard InChI is InChI=1S/C23H24ClN3O7/c1-2-33-23(32)15-10-12-16(13-11-15)25-20(29)14-34-21(30)9-5-8-19(28)26-27-22(31)17-6-3-4-7-18(17)24/h3-4,6-7,10-13H,2,5,8-9,14H2,1H3,(H,25,29)(H,26,28)(H,27,31). The van der Waals surface area contributed by atoms with Crippen LogP contribution in [0.25, 0.3) is 0 Å². The molecule has 0 heterocycles. The number of halogens is 1. The van der Waals surface area contributed by atoms with Gasteiger partial charge in [0.05, 0.1) is 22.8 Å². The Labute approximate surface area is 200 Å². The number of hydrogen-bond acceptors (Lipinski definition) is 7. The van der Waals surface area contributed by atoms with E-state index in [4.69, 9.17) is 21.1 Å². The molecule has 0 aliphatic rings. The van der Waals surface area contributed by atoms with E-state index in [9.17, 15) is 24.0 Å². The highest BCUT2D eigenvalue weighted by molar-refractivity contribution is 6.33. The average molecular weight is 490 g/mol. The fourth-order valence-electron chi connectivity index (χ4n) is 2.61. The Balaban J connectivity index is 1.62. The first-order chi connectivity index (χ1) is 16.3. The van der Waals surface area contributed by atoms with Crippen LogP contribution < -0.4 is 16.2 Å². The number of rotatable bonds is 10. The summed E-state index contributed by atoms with van der Waals surface area (Å²) in [5.41, 5.74) is 5.45. The van der Waals surface area contributed by atoms with Crippen molar-refractivity contribution >= 4 is 46.9 Å². The highest BCUT2D eigenvalue weighted by atomic mass is 35.5. The van der Waals surface area contributed by atoms with Gasteiger partial charge < -0.3 is 14.8 Å². The number of hydrazine groups is 1. The van der Waals surface area contributed by atoms with E-state index in [1.165, 1.54) is 30.3 Å². The normalized spacial score (nSPS) is 10.1. The van der Waals surface area contributed by atoms with Crippen LogP contribution >= 0.6 is 11.6 Å². The maximum absolute atomic E-state index is 12.0. The Morgan fingerprint density at radius 3 is 2.24 bits per heavy atom. The summed E-state index contributed by atoms with van der Waals surface area (Å²) in [5.74, 6) is -2.75. The van der Waals surface area contributed by atoms with Crippen molar-refractivity contribution in [3.05, 3.63) is 64.7 Å². The molecule has 0 saturated heterocycles. The molecule has 2 aromatic rings. The van der Waals surface area contributed by atoms with Gasteiger partial charge in [0, 0.05) is 18.5 Å². The summed E-state index contributed by atoms with van der Waals surface area (Å²) in [4.78, 5) is 59.1. The van der Waals surface area contributed by atoms with Crippen LogP contribution in [0.4, 0.5) is 5.69 Å². The van der Waals surface area contributed by atoms with Crippen molar-refractivity contribution < 1.29 is 33.4 Å². The van der Waals surface area contributed by atoms with E-state index in [1.54, 1.807) is 25.1 Å². The molecule has 34 heavy (non-hydrogen) atoms. The Morgan fingerprint density at radius 2 is 1.56 bits per heavy atom. The molecule has 11 heteroatoms. The van der Waals surface area contributed by atoms with Gasteiger partial charge in [-0.1, -0.05) is 23.7 Å². The van der Waals surface area contributed by atoms with E-state index in [1.807, 2.05) is 0 Å². The van der Waals surface area contributed by atoms with Gasteiger partial charge in [0.1, 0.15) is 0 Å². The number of amides is 3.